The fourth-order valence-corrected chi connectivity index (χ4v) is 1.59. The molecule has 1 unspecified atom stereocenters. The van der Waals surface area contributed by atoms with Crippen LogP contribution in [0.3, 0.4) is 0 Å². The average molecular weight is 229 g/mol. The van der Waals surface area contributed by atoms with E-state index in [0.29, 0.717) is 17.7 Å². The molecule has 0 saturated carbocycles. The Bertz CT molecular complexity index is 306. The Morgan fingerprint density at radius 3 is 2.60 bits per heavy atom. The van der Waals surface area contributed by atoms with Crippen molar-refractivity contribution in [1.29, 1.82) is 0 Å². The molecule has 0 saturated heterocycles. The maximum absolute atomic E-state index is 5.53. The molecular weight excluding hydrogens is 210 g/mol. The molecule has 15 heavy (non-hydrogen) atoms. The van der Waals surface area contributed by atoms with Gasteiger partial charge in [0, 0.05) is 17.2 Å². The molecule has 1 aromatic rings. The van der Waals surface area contributed by atoms with Crippen LogP contribution in [0.5, 0.6) is 0 Å². The first-order valence-electron chi connectivity index (χ1n) is 5.08. The normalized spacial score (nSPS) is 14.2. The van der Waals surface area contributed by atoms with Gasteiger partial charge in [-0.15, -0.1) is 11.8 Å². The SMILES string of the molecule is CC(CN)SCc1noc(C(C)(C)C)n1. The fraction of sp³-hybridized carbons (Fsp3) is 0.800. The van der Waals surface area contributed by atoms with Gasteiger partial charge in [0.15, 0.2) is 5.82 Å². The molecular formula is C10H19N3OS. The highest BCUT2D eigenvalue weighted by molar-refractivity contribution is 7.99. The van der Waals surface area contributed by atoms with E-state index < -0.39 is 0 Å². The molecule has 1 rings (SSSR count). The van der Waals surface area contributed by atoms with Gasteiger partial charge in [-0.2, -0.15) is 4.98 Å². The lowest BCUT2D eigenvalue weighted by Gasteiger charge is -2.10. The Morgan fingerprint density at radius 2 is 2.13 bits per heavy atom. The third kappa shape index (κ3) is 3.83. The Labute approximate surface area is 95.0 Å². The average Bonchev–Trinajstić information content (AvgIpc) is 2.61. The molecule has 2 N–H and O–H groups in total. The summed E-state index contributed by atoms with van der Waals surface area (Å²) in [5.41, 5.74) is 5.45. The highest BCUT2D eigenvalue weighted by atomic mass is 32.2. The molecule has 1 atom stereocenters. The van der Waals surface area contributed by atoms with Crippen molar-refractivity contribution in [2.45, 2.75) is 44.1 Å². The number of nitrogens with zero attached hydrogens (tertiary/aromatic N) is 2. The van der Waals surface area contributed by atoms with Crippen molar-refractivity contribution in [2.24, 2.45) is 5.73 Å². The van der Waals surface area contributed by atoms with E-state index in [9.17, 15) is 0 Å². The first-order chi connectivity index (χ1) is 6.93. The summed E-state index contributed by atoms with van der Waals surface area (Å²) >= 11 is 1.74. The zero-order chi connectivity index (χ0) is 11.5. The van der Waals surface area contributed by atoms with Crippen LogP contribution >= 0.6 is 11.8 Å². The van der Waals surface area contributed by atoms with Crippen LogP contribution in [0, 0.1) is 0 Å². The van der Waals surface area contributed by atoms with Crippen LogP contribution in [0.4, 0.5) is 0 Å². The van der Waals surface area contributed by atoms with Gasteiger partial charge in [-0.1, -0.05) is 32.9 Å². The van der Waals surface area contributed by atoms with E-state index in [0.717, 1.165) is 11.6 Å². The van der Waals surface area contributed by atoms with Crippen LogP contribution in [0.15, 0.2) is 4.52 Å². The van der Waals surface area contributed by atoms with Crippen LogP contribution in [-0.4, -0.2) is 21.9 Å². The number of nitrogens with two attached hydrogens (primary N) is 1. The first-order valence-corrected chi connectivity index (χ1v) is 6.13. The maximum Gasteiger partial charge on any atom is 0.232 e. The second-order valence-electron chi connectivity index (χ2n) is 4.62. The second kappa shape index (κ2) is 4.99. The predicted molar refractivity (Wildman–Crippen MR) is 62.8 cm³/mol. The summed E-state index contributed by atoms with van der Waals surface area (Å²) in [5.74, 6) is 2.21. The topological polar surface area (TPSA) is 64.9 Å². The molecule has 0 aliphatic rings. The van der Waals surface area contributed by atoms with Gasteiger partial charge >= 0.3 is 0 Å². The van der Waals surface area contributed by atoms with Crippen molar-refractivity contribution in [3.63, 3.8) is 0 Å². The number of hydrogen-bond acceptors (Lipinski definition) is 5. The molecule has 4 nitrogen and oxygen atoms in total. The number of aromatic nitrogens is 2. The molecule has 0 amide bonds. The third-order valence-corrected chi connectivity index (χ3v) is 3.12. The highest BCUT2D eigenvalue weighted by Crippen LogP contribution is 2.21. The molecule has 0 spiro atoms. The minimum Gasteiger partial charge on any atom is -0.339 e. The first kappa shape index (κ1) is 12.5. The molecule has 0 fully saturated rings. The van der Waals surface area contributed by atoms with E-state index >= 15 is 0 Å². The maximum atomic E-state index is 5.53. The largest absolute Gasteiger partial charge is 0.339 e. The van der Waals surface area contributed by atoms with Crippen LogP contribution in [0.25, 0.3) is 0 Å². The third-order valence-electron chi connectivity index (χ3n) is 1.94. The molecule has 0 radical (unpaired) electrons. The van der Waals surface area contributed by atoms with Gasteiger partial charge in [0.25, 0.3) is 0 Å². The van der Waals surface area contributed by atoms with Crippen molar-refractivity contribution >= 4 is 11.8 Å². The molecule has 1 aromatic heterocycles. The van der Waals surface area contributed by atoms with Gasteiger partial charge in [-0.05, 0) is 0 Å². The van der Waals surface area contributed by atoms with E-state index in [1.54, 1.807) is 11.8 Å². The van der Waals surface area contributed by atoms with E-state index in [1.165, 1.54) is 0 Å². The smallest absolute Gasteiger partial charge is 0.232 e. The number of hydrogen-bond donors (Lipinski definition) is 1. The zero-order valence-electron chi connectivity index (χ0n) is 9.78. The number of rotatable bonds is 4. The molecule has 5 heteroatoms. The zero-order valence-corrected chi connectivity index (χ0v) is 10.6. The molecule has 1 heterocycles. The summed E-state index contributed by atoms with van der Waals surface area (Å²) in [7, 11) is 0. The van der Waals surface area contributed by atoms with Gasteiger partial charge in [-0.25, -0.2) is 0 Å². The van der Waals surface area contributed by atoms with Crippen molar-refractivity contribution in [3.8, 4) is 0 Å². The summed E-state index contributed by atoms with van der Waals surface area (Å²) in [5, 5.41) is 4.37. The minimum atomic E-state index is -0.0740. The summed E-state index contributed by atoms with van der Waals surface area (Å²) in [6.45, 7) is 8.93. The Hall–Kier alpha value is -0.550. The summed E-state index contributed by atoms with van der Waals surface area (Å²) < 4.78 is 5.19. The Kier molecular flexibility index (Phi) is 4.16. The predicted octanol–water partition coefficient (Wildman–Crippen LogP) is 1.95. The summed E-state index contributed by atoms with van der Waals surface area (Å²) in [4.78, 5) is 4.35. The summed E-state index contributed by atoms with van der Waals surface area (Å²) in [6.07, 6.45) is 0. The van der Waals surface area contributed by atoms with E-state index in [4.69, 9.17) is 10.3 Å². The lowest BCUT2D eigenvalue weighted by Crippen LogP contribution is -2.13. The van der Waals surface area contributed by atoms with Crippen LogP contribution in [-0.2, 0) is 11.2 Å². The lowest BCUT2D eigenvalue weighted by atomic mass is 9.97. The van der Waals surface area contributed by atoms with Crippen LogP contribution < -0.4 is 5.73 Å². The molecule has 0 aliphatic carbocycles. The summed E-state index contributed by atoms with van der Waals surface area (Å²) in [6, 6.07) is 0. The highest BCUT2D eigenvalue weighted by Gasteiger charge is 2.21. The second-order valence-corrected chi connectivity index (χ2v) is 6.05. The quantitative estimate of drug-likeness (QED) is 0.854. The van der Waals surface area contributed by atoms with Gasteiger partial charge in [-0.3, -0.25) is 0 Å². The monoisotopic (exact) mass is 229 g/mol. The van der Waals surface area contributed by atoms with Gasteiger partial charge < -0.3 is 10.3 Å². The van der Waals surface area contributed by atoms with Crippen LogP contribution in [0.1, 0.15) is 39.4 Å². The fourth-order valence-electron chi connectivity index (χ4n) is 0.902. The number of thioether (sulfide) groups is 1. The molecule has 86 valence electrons. The van der Waals surface area contributed by atoms with E-state index in [1.807, 2.05) is 0 Å². The van der Waals surface area contributed by atoms with Crippen molar-refractivity contribution in [1.82, 2.24) is 10.1 Å². The van der Waals surface area contributed by atoms with E-state index in [2.05, 4.69) is 37.8 Å². The Balaban J connectivity index is 2.54. The minimum absolute atomic E-state index is 0.0740. The molecule has 0 aromatic carbocycles. The van der Waals surface area contributed by atoms with Crippen molar-refractivity contribution in [3.05, 3.63) is 11.7 Å². The van der Waals surface area contributed by atoms with Gasteiger partial charge in [0.2, 0.25) is 5.89 Å². The Morgan fingerprint density at radius 1 is 1.47 bits per heavy atom. The van der Waals surface area contributed by atoms with Gasteiger partial charge in [0.05, 0.1) is 5.75 Å². The lowest BCUT2D eigenvalue weighted by molar-refractivity contribution is 0.319. The van der Waals surface area contributed by atoms with E-state index in [-0.39, 0.29) is 5.41 Å². The van der Waals surface area contributed by atoms with Crippen LogP contribution in [0.2, 0.25) is 0 Å². The van der Waals surface area contributed by atoms with Gasteiger partial charge in [0.1, 0.15) is 0 Å². The molecule has 0 bridgehead atoms. The van der Waals surface area contributed by atoms with Crippen molar-refractivity contribution in [2.75, 3.05) is 6.54 Å². The molecule has 0 aliphatic heterocycles. The standard InChI is InChI=1S/C10H19N3OS/c1-7(5-11)15-6-8-12-9(14-13-8)10(2,3)4/h7H,5-6,11H2,1-4H3. The van der Waals surface area contributed by atoms with Crippen molar-refractivity contribution < 1.29 is 4.52 Å².